The van der Waals surface area contributed by atoms with Crippen LogP contribution in [0.15, 0.2) is 54.6 Å². The third-order valence-corrected chi connectivity index (χ3v) is 3.40. The summed E-state index contributed by atoms with van der Waals surface area (Å²) in [6.45, 7) is 1.33. The van der Waals surface area contributed by atoms with Gasteiger partial charge in [-0.1, -0.05) is 18.2 Å². The monoisotopic (exact) mass is 381 g/mol. The molecule has 27 heavy (non-hydrogen) atoms. The Morgan fingerprint density at radius 1 is 1.11 bits per heavy atom. The van der Waals surface area contributed by atoms with Gasteiger partial charge in [0, 0.05) is 11.8 Å². The van der Waals surface area contributed by atoms with Crippen molar-refractivity contribution in [3.8, 4) is 0 Å². The van der Waals surface area contributed by atoms with E-state index in [4.69, 9.17) is 4.74 Å². The summed E-state index contributed by atoms with van der Waals surface area (Å²) in [4.78, 5) is 23.7. The number of rotatable bonds is 5. The molecule has 0 spiro atoms. The van der Waals surface area contributed by atoms with Gasteiger partial charge in [-0.15, -0.1) is 0 Å². The summed E-state index contributed by atoms with van der Waals surface area (Å²) in [5.74, 6) is -2.04. The molecule has 0 bridgehead atoms. The van der Waals surface area contributed by atoms with Crippen LogP contribution < -0.4 is 5.32 Å². The Bertz CT molecular complexity index is 845. The maximum absolute atomic E-state index is 13.1. The third kappa shape index (κ3) is 6.25. The van der Waals surface area contributed by atoms with Gasteiger partial charge >= 0.3 is 12.1 Å². The number of benzene rings is 2. The highest BCUT2D eigenvalue weighted by atomic mass is 19.4. The first-order valence-electron chi connectivity index (χ1n) is 7.77. The Morgan fingerprint density at radius 2 is 1.78 bits per heavy atom. The van der Waals surface area contributed by atoms with Crippen LogP contribution in [0.1, 0.15) is 18.1 Å². The number of hydrogen-bond acceptors (Lipinski definition) is 3. The molecule has 1 amide bonds. The Morgan fingerprint density at radius 3 is 2.37 bits per heavy atom. The highest BCUT2D eigenvalue weighted by Gasteiger charge is 2.29. The lowest BCUT2D eigenvalue weighted by Crippen LogP contribution is -2.29. The number of halogens is 4. The molecule has 0 aliphatic heterocycles. The maximum Gasteiger partial charge on any atom is 0.416 e. The number of nitrogens with one attached hydrogen (secondary N) is 1. The number of anilines is 1. The first kappa shape index (κ1) is 20.2. The Kier molecular flexibility index (Phi) is 6.33. The molecule has 2 aromatic carbocycles. The van der Waals surface area contributed by atoms with Crippen LogP contribution >= 0.6 is 0 Å². The summed E-state index contributed by atoms with van der Waals surface area (Å²) in [6.07, 6.45) is -3.34. The van der Waals surface area contributed by atoms with Gasteiger partial charge in [0.25, 0.3) is 5.91 Å². The van der Waals surface area contributed by atoms with Crippen LogP contribution in [0.2, 0.25) is 0 Å². The van der Waals surface area contributed by atoms with Crippen LogP contribution in [0.25, 0.3) is 6.08 Å². The molecule has 2 rings (SSSR count). The second-order valence-corrected chi connectivity index (χ2v) is 5.53. The normalized spacial score (nSPS) is 12.6. The molecule has 0 heterocycles. The van der Waals surface area contributed by atoms with E-state index in [1.807, 2.05) is 0 Å². The van der Waals surface area contributed by atoms with E-state index in [9.17, 15) is 27.2 Å². The Balaban J connectivity index is 1.90. The van der Waals surface area contributed by atoms with Crippen molar-refractivity contribution in [2.24, 2.45) is 0 Å². The van der Waals surface area contributed by atoms with Crippen LogP contribution in [0.3, 0.4) is 0 Å². The predicted octanol–water partition coefficient (Wildman–Crippen LogP) is 4.43. The third-order valence-electron chi connectivity index (χ3n) is 3.40. The van der Waals surface area contributed by atoms with Gasteiger partial charge in [-0.05, 0) is 48.9 Å². The minimum atomic E-state index is -4.44. The molecule has 142 valence electrons. The van der Waals surface area contributed by atoms with Gasteiger partial charge in [0.15, 0.2) is 6.10 Å². The average molecular weight is 381 g/mol. The summed E-state index contributed by atoms with van der Waals surface area (Å²) in [7, 11) is 0. The van der Waals surface area contributed by atoms with Crippen LogP contribution in [0.4, 0.5) is 23.2 Å². The SMILES string of the molecule is C[C@H](OC(=O)/C=C/c1ccc(C(F)(F)F)cc1)C(=O)Nc1cccc(F)c1. The summed E-state index contributed by atoms with van der Waals surface area (Å²) < 4.78 is 55.4. The van der Waals surface area contributed by atoms with Crippen molar-refractivity contribution in [3.63, 3.8) is 0 Å². The number of hydrogen-bond donors (Lipinski definition) is 1. The molecule has 0 radical (unpaired) electrons. The van der Waals surface area contributed by atoms with Crippen LogP contribution in [0.5, 0.6) is 0 Å². The fourth-order valence-electron chi connectivity index (χ4n) is 2.02. The number of esters is 1. The number of carbonyl (C=O) groups excluding carboxylic acids is 2. The van der Waals surface area contributed by atoms with E-state index >= 15 is 0 Å². The minimum Gasteiger partial charge on any atom is -0.449 e. The van der Waals surface area contributed by atoms with Gasteiger partial charge in [0.2, 0.25) is 0 Å². The average Bonchev–Trinajstić information content (AvgIpc) is 2.59. The first-order chi connectivity index (χ1) is 12.6. The quantitative estimate of drug-likeness (QED) is 0.474. The maximum atomic E-state index is 13.1. The van der Waals surface area contributed by atoms with Gasteiger partial charge in [-0.25, -0.2) is 9.18 Å². The largest absolute Gasteiger partial charge is 0.449 e. The van der Waals surface area contributed by atoms with E-state index in [0.717, 1.165) is 24.3 Å². The van der Waals surface area contributed by atoms with Crippen LogP contribution in [-0.2, 0) is 20.5 Å². The molecule has 0 fully saturated rings. The number of amides is 1. The highest BCUT2D eigenvalue weighted by Crippen LogP contribution is 2.29. The highest BCUT2D eigenvalue weighted by molar-refractivity contribution is 5.96. The lowest BCUT2D eigenvalue weighted by molar-refractivity contribution is -0.148. The van der Waals surface area contributed by atoms with Crippen molar-refractivity contribution in [1.29, 1.82) is 0 Å². The summed E-state index contributed by atoms with van der Waals surface area (Å²) in [5, 5.41) is 2.40. The lowest BCUT2D eigenvalue weighted by atomic mass is 10.1. The van der Waals surface area contributed by atoms with E-state index < -0.39 is 35.5 Å². The zero-order chi connectivity index (χ0) is 20.0. The first-order valence-corrected chi connectivity index (χ1v) is 7.77. The molecule has 0 aliphatic rings. The van der Waals surface area contributed by atoms with Crippen molar-refractivity contribution in [3.05, 3.63) is 71.6 Å². The van der Waals surface area contributed by atoms with Crippen LogP contribution in [-0.4, -0.2) is 18.0 Å². The van der Waals surface area contributed by atoms with Crippen LogP contribution in [0, 0.1) is 5.82 Å². The summed E-state index contributed by atoms with van der Waals surface area (Å²) >= 11 is 0. The second-order valence-electron chi connectivity index (χ2n) is 5.53. The fourth-order valence-corrected chi connectivity index (χ4v) is 2.02. The van der Waals surface area contributed by atoms with E-state index in [0.29, 0.717) is 5.56 Å². The smallest absolute Gasteiger partial charge is 0.416 e. The molecule has 0 aliphatic carbocycles. The van der Waals surface area contributed by atoms with Crippen molar-refractivity contribution in [2.75, 3.05) is 5.32 Å². The standard InChI is InChI=1S/C19H15F4NO3/c1-12(18(26)24-16-4-2-3-15(20)11-16)27-17(25)10-7-13-5-8-14(9-6-13)19(21,22)23/h2-12H,1H3,(H,24,26)/b10-7+/t12-/m0/s1. The van der Waals surface area contributed by atoms with Gasteiger partial charge < -0.3 is 10.1 Å². The van der Waals surface area contributed by atoms with Crippen molar-refractivity contribution in [2.45, 2.75) is 19.2 Å². The zero-order valence-corrected chi connectivity index (χ0v) is 14.1. The molecule has 8 heteroatoms. The van der Waals surface area contributed by atoms with Crippen molar-refractivity contribution < 1.29 is 31.9 Å². The Hall–Kier alpha value is -3.16. The Labute approximate surface area is 152 Å². The molecule has 0 unspecified atom stereocenters. The topological polar surface area (TPSA) is 55.4 Å². The second kappa shape index (κ2) is 8.48. The predicted molar refractivity (Wildman–Crippen MR) is 91.1 cm³/mol. The van der Waals surface area contributed by atoms with E-state index in [2.05, 4.69) is 5.32 Å². The molecule has 1 N–H and O–H groups in total. The summed E-state index contributed by atoms with van der Waals surface area (Å²) in [5.41, 5.74) is -0.232. The van der Waals surface area contributed by atoms with E-state index in [1.165, 1.54) is 43.3 Å². The fraction of sp³-hybridized carbons (Fsp3) is 0.158. The zero-order valence-electron chi connectivity index (χ0n) is 14.1. The molecule has 0 saturated carbocycles. The van der Waals surface area contributed by atoms with Crippen molar-refractivity contribution in [1.82, 2.24) is 0 Å². The molecule has 0 aromatic heterocycles. The van der Waals surface area contributed by atoms with Gasteiger partial charge in [0.1, 0.15) is 5.82 Å². The van der Waals surface area contributed by atoms with E-state index in [-0.39, 0.29) is 5.69 Å². The lowest BCUT2D eigenvalue weighted by Gasteiger charge is -2.12. The van der Waals surface area contributed by atoms with E-state index in [1.54, 1.807) is 0 Å². The molecule has 1 atom stereocenters. The van der Waals surface area contributed by atoms with Gasteiger partial charge in [-0.2, -0.15) is 13.2 Å². The summed E-state index contributed by atoms with van der Waals surface area (Å²) in [6, 6.07) is 9.38. The molecule has 0 saturated heterocycles. The minimum absolute atomic E-state index is 0.211. The molecule has 2 aromatic rings. The van der Waals surface area contributed by atoms with Crippen molar-refractivity contribution >= 4 is 23.6 Å². The number of ether oxygens (including phenoxy) is 1. The number of carbonyl (C=O) groups is 2. The molecular formula is C19H15F4NO3. The van der Waals surface area contributed by atoms with Gasteiger partial charge in [0.05, 0.1) is 5.56 Å². The molecular weight excluding hydrogens is 366 g/mol. The molecule has 4 nitrogen and oxygen atoms in total. The van der Waals surface area contributed by atoms with Gasteiger partial charge in [-0.3, -0.25) is 4.79 Å². The number of alkyl halides is 3.